The molecule has 0 aromatic heterocycles. The van der Waals surface area contributed by atoms with Gasteiger partial charge in [0.05, 0.1) is 38.1 Å². The van der Waals surface area contributed by atoms with E-state index in [9.17, 15) is 14.4 Å². The maximum atomic E-state index is 13.4. The highest BCUT2D eigenvalue weighted by Gasteiger charge is 2.40. The number of para-hydroxylation sites is 1. The molecule has 2 aromatic carbocycles. The summed E-state index contributed by atoms with van der Waals surface area (Å²) in [6.07, 6.45) is 3.43. The number of nitrogens with one attached hydrogen (secondary N) is 1. The molecule has 0 bridgehead atoms. The maximum absolute atomic E-state index is 13.4. The molecular weight excluding hydrogens is 524 g/mol. The van der Waals surface area contributed by atoms with Gasteiger partial charge in [-0.2, -0.15) is 0 Å². The smallest absolute Gasteiger partial charge is 0.339 e. The predicted molar refractivity (Wildman–Crippen MR) is 135 cm³/mol. The molecule has 1 aliphatic heterocycles. The molecule has 36 heavy (non-hydrogen) atoms. The second kappa shape index (κ2) is 14.1. The first-order chi connectivity index (χ1) is 16.9. The Balaban J connectivity index is 0.00000456. The molecule has 1 aliphatic rings. The van der Waals surface area contributed by atoms with E-state index in [1.165, 1.54) is 7.11 Å². The fourth-order valence-corrected chi connectivity index (χ4v) is 4.86. The van der Waals surface area contributed by atoms with E-state index in [4.69, 9.17) is 9.47 Å². The van der Waals surface area contributed by atoms with Crippen LogP contribution in [0, 0.1) is 12.8 Å². The monoisotopic (exact) mass is 560 g/mol. The van der Waals surface area contributed by atoms with Crippen LogP contribution in [-0.2, 0) is 25.6 Å². The summed E-state index contributed by atoms with van der Waals surface area (Å²) in [5.41, 5.74) is 2.69. The number of amides is 1. The average molecular weight is 562 g/mol. The minimum atomic E-state index is -0.495. The van der Waals surface area contributed by atoms with Crippen LogP contribution in [0.1, 0.15) is 54.1 Å². The number of nitrogens with zero attached hydrogens (tertiary/aromatic N) is 1. The number of likely N-dealkylation sites (tertiary alicyclic amines) is 1. The number of piperidine rings is 1. The molecule has 0 spiro atoms. The third kappa shape index (κ3) is 7.90. The van der Waals surface area contributed by atoms with Crippen LogP contribution in [0.4, 0.5) is 5.69 Å². The quantitative estimate of drug-likeness (QED) is 0.270. The first-order valence-corrected chi connectivity index (χ1v) is 12.4. The summed E-state index contributed by atoms with van der Waals surface area (Å²) in [7, 11) is 1.32. The predicted octanol–water partition coefficient (Wildman–Crippen LogP) is 1.49. The number of hydrogen-bond acceptors (Lipinski definition) is 5. The van der Waals surface area contributed by atoms with Crippen LogP contribution in [0.25, 0.3) is 0 Å². The average Bonchev–Trinajstić information content (AvgIpc) is 2.85. The number of hydrogen-bond donors (Lipinski definition) is 1. The number of ether oxygens (including phenoxy) is 2. The van der Waals surface area contributed by atoms with E-state index >= 15 is 0 Å². The Bertz CT molecular complexity index is 1030. The van der Waals surface area contributed by atoms with Crippen molar-refractivity contribution in [3.8, 4) is 0 Å². The molecular formula is C28H37BrN2O5. The molecule has 8 heteroatoms. The molecule has 2 unspecified atom stereocenters. The molecule has 3 rings (SSSR count). The highest BCUT2D eigenvalue weighted by Crippen LogP contribution is 2.29. The molecule has 1 N–H and O–H groups in total. The lowest BCUT2D eigenvalue weighted by Crippen LogP contribution is -3.00. The van der Waals surface area contributed by atoms with E-state index in [-0.39, 0.29) is 41.3 Å². The molecule has 0 radical (unpaired) electrons. The number of aryl methyl sites for hydroxylation is 1. The van der Waals surface area contributed by atoms with Gasteiger partial charge in [-0.1, -0.05) is 55.8 Å². The van der Waals surface area contributed by atoms with Crippen molar-refractivity contribution in [2.75, 3.05) is 38.7 Å². The van der Waals surface area contributed by atoms with Gasteiger partial charge in [0, 0.05) is 5.56 Å². The van der Waals surface area contributed by atoms with Crippen molar-refractivity contribution in [1.82, 2.24) is 0 Å². The summed E-state index contributed by atoms with van der Waals surface area (Å²) in [6, 6.07) is 15.3. The number of esters is 2. The van der Waals surface area contributed by atoms with Crippen molar-refractivity contribution in [3.63, 3.8) is 0 Å². The van der Waals surface area contributed by atoms with Gasteiger partial charge >= 0.3 is 11.9 Å². The highest BCUT2D eigenvalue weighted by atomic mass is 79.9. The lowest BCUT2D eigenvalue weighted by molar-refractivity contribution is -0.940. The molecule has 0 aliphatic carbocycles. The van der Waals surface area contributed by atoms with Crippen LogP contribution < -0.4 is 22.3 Å². The first kappa shape index (κ1) is 29.5. The second-order valence-electron chi connectivity index (χ2n) is 9.45. The topological polar surface area (TPSA) is 81.7 Å². The van der Waals surface area contributed by atoms with Crippen LogP contribution in [0.15, 0.2) is 48.5 Å². The first-order valence-electron chi connectivity index (χ1n) is 12.4. The number of carbonyl (C=O) groups is 3. The van der Waals surface area contributed by atoms with Gasteiger partial charge in [-0.3, -0.25) is 9.59 Å². The number of methoxy groups -OCH3 is 1. The fraction of sp³-hybridized carbons (Fsp3) is 0.464. The van der Waals surface area contributed by atoms with Gasteiger partial charge in [-0.05, 0) is 37.8 Å². The normalized spacial score (nSPS) is 19.0. The minimum Gasteiger partial charge on any atom is -1.00 e. The Hall–Kier alpha value is -2.71. The number of rotatable bonds is 10. The number of carbonyl (C=O) groups excluding carboxylic acids is 3. The van der Waals surface area contributed by atoms with E-state index in [0.29, 0.717) is 35.4 Å². The molecule has 2 aromatic rings. The third-order valence-corrected chi connectivity index (χ3v) is 6.65. The van der Waals surface area contributed by atoms with Crippen LogP contribution in [0.2, 0.25) is 0 Å². The summed E-state index contributed by atoms with van der Waals surface area (Å²) in [4.78, 5) is 38.4. The lowest BCUT2D eigenvalue weighted by Gasteiger charge is -2.43. The molecule has 1 fully saturated rings. The van der Waals surface area contributed by atoms with Crippen molar-refractivity contribution in [1.29, 1.82) is 0 Å². The summed E-state index contributed by atoms with van der Waals surface area (Å²) in [6.45, 7) is 6.53. The van der Waals surface area contributed by atoms with Crippen LogP contribution in [0.5, 0.6) is 0 Å². The molecule has 1 amide bonds. The number of quaternary nitrogens is 1. The molecule has 196 valence electrons. The van der Waals surface area contributed by atoms with E-state index < -0.39 is 5.97 Å². The van der Waals surface area contributed by atoms with E-state index in [2.05, 4.69) is 24.4 Å². The SMILES string of the molecule is CCCCOC(=O)C1CCC[N+](CC(=O)Nc2c(C)cccc2C(=O)OC)(Cc2ccccc2)C1.[Br-]. The number of anilines is 1. The van der Waals surface area contributed by atoms with Gasteiger partial charge in [0.2, 0.25) is 0 Å². The summed E-state index contributed by atoms with van der Waals surface area (Å²) in [5, 5.41) is 2.97. The molecule has 1 heterocycles. The van der Waals surface area contributed by atoms with Gasteiger partial charge in [0.1, 0.15) is 12.5 Å². The van der Waals surface area contributed by atoms with Crippen LogP contribution in [-0.4, -0.2) is 55.7 Å². The summed E-state index contributed by atoms with van der Waals surface area (Å²) in [5.74, 6) is -1.09. The zero-order valence-corrected chi connectivity index (χ0v) is 23.0. The standard InChI is InChI=1S/C28H36N2O5.BrH/c1-4-5-17-35-27(32)23-14-10-16-30(19-23,18-22-12-7-6-8-13-22)20-25(31)29-26-21(2)11-9-15-24(26)28(33)34-3;/h6-9,11-13,15,23H,4-5,10,14,16-20H2,1-3H3;1H. The van der Waals surface area contributed by atoms with Crippen molar-refractivity contribution < 1.29 is 45.3 Å². The van der Waals surface area contributed by atoms with Crippen molar-refractivity contribution in [3.05, 3.63) is 65.2 Å². The Kier molecular flexibility index (Phi) is 11.6. The van der Waals surface area contributed by atoms with Crippen molar-refractivity contribution >= 4 is 23.5 Å². The van der Waals surface area contributed by atoms with Crippen molar-refractivity contribution in [2.24, 2.45) is 5.92 Å². The number of unbranched alkanes of at least 4 members (excludes halogenated alkanes) is 1. The Morgan fingerprint density at radius 1 is 1.08 bits per heavy atom. The zero-order valence-electron chi connectivity index (χ0n) is 21.4. The highest BCUT2D eigenvalue weighted by molar-refractivity contribution is 6.02. The summed E-state index contributed by atoms with van der Waals surface area (Å²) < 4.78 is 10.9. The number of benzene rings is 2. The van der Waals surface area contributed by atoms with Gasteiger partial charge < -0.3 is 36.3 Å². The van der Waals surface area contributed by atoms with Crippen molar-refractivity contribution in [2.45, 2.75) is 46.1 Å². The van der Waals surface area contributed by atoms with Crippen LogP contribution >= 0.6 is 0 Å². The fourth-order valence-electron chi connectivity index (χ4n) is 4.86. The lowest BCUT2D eigenvalue weighted by atomic mass is 9.94. The van der Waals surface area contributed by atoms with Gasteiger partial charge in [0.25, 0.3) is 5.91 Å². The molecule has 2 atom stereocenters. The van der Waals surface area contributed by atoms with Crippen LogP contribution in [0.3, 0.4) is 0 Å². The van der Waals surface area contributed by atoms with Gasteiger partial charge in [-0.15, -0.1) is 0 Å². The largest absolute Gasteiger partial charge is 1.00 e. The summed E-state index contributed by atoms with van der Waals surface area (Å²) >= 11 is 0. The van der Waals surface area contributed by atoms with E-state index in [1.807, 2.05) is 31.2 Å². The maximum Gasteiger partial charge on any atom is 0.339 e. The Morgan fingerprint density at radius 2 is 1.83 bits per heavy atom. The third-order valence-electron chi connectivity index (χ3n) is 6.65. The van der Waals surface area contributed by atoms with Gasteiger partial charge in [0.15, 0.2) is 6.54 Å². The van der Waals surface area contributed by atoms with E-state index in [0.717, 1.165) is 43.4 Å². The Labute approximate surface area is 224 Å². The molecule has 7 nitrogen and oxygen atoms in total. The number of halogens is 1. The minimum absolute atomic E-state index is 0. The second-order valence-corrected chi connectivity index (χ2v) is 9.45. The Morgan fingerprint density at radius 3 is 2.53 bits per heavy atom. The zero-order chi connectivity index (χ0) is 25.3. The van der Waals surface area contributed by atoms with E-state index in [1.54, 1.807) is 12.1 Å². The molecule has 1 saturated heterocycles. The van der Waals surface area contributed by atoms with Gasteiger partial charge in [-0.25, -0.2) is 4.79 Å². The molecule has 0 saturated carbocycles.